The lowest BCUT2D eigenvalue weighted by Crippen LogP contribution is -2.45. The van der Waals surface area contributed by atoms with E-state index in [0.29, 0.717) is 0 Å². The van der Waals surface area contributed by atoms with Crippen LogP contribution in [0.25, 0.3) is 0 Å². The molecule has 2 heterocycles. The van der Waals surface area contributed by atoms with Gasteiger partial charge in [-0.25, -0.2) is 0 Å². The molecule has 146 valence electrons. The largest absolute Gasteiger partial charge is 0.353 e. The second-order valence-corrected chi connectivity index (χ2v) is 8.64. The van der Waals surface area contributed by atoms with E-state index in [1.807, 2.05) is 30.3 Å². The van der Waals surface area contributed by atoms with Gasteiger partial charge in [-0.2, -0.15) is 0 Å². The van der Waals surface area contributed by atoms with Gasteiger partial charge in [-0.1, -0.05) is 42.5 Å². The summed E-state index contributed by atoms with van der Waals surface area (Å²) in [5.41, 5.74) is 2.16. The summed E-state index contributed by atoms with van der Waals surface area (Å²) >= 11 is 1.48. The first-order valence-electron chi connectivity index (χ1n) is 9.79. The number of carbonyl (C=O) groups is 2. The van der Waals surface area contributed by atoms with E-state index in [-0.39, 0.29) is 29.5 Å². The van der Waals surface area contributed by atoms with Crippen molar-refractivity contribution >= 4 is 29.3 Å². The van der Waals surface area contributed by atoms with Crippen LogP contribution in [0.4, 0.5) is 5.69 Å². The Bertz CT molecular complexity index is 835. The number of piperidine rings is 1. The first-order valence-corrected chi connectivity index (χ1v) is 10.7. The molecule has 1 fully saturated rings. The SMILES string of the molecule is O=C(CC1Sc2ccccc2NC1=O)NC1CCN(Cc2ccccc2)CC1. The van der Waals surface area contributed by atoms with E-state index in [1.54, 1.807) is 0 Å². The molecule has 1 saturated heterocycles. The number of fused-ring (bicyclic) bond motifs is 1. The molecule has 5 nitrogen and oxygen atoms in total. The Hall–Kier alpha value is -2.31. The normalized spacial score (nSPS) is 20.3. The van der Waals surface area contributed by atoms with Crippen LogP contribution >= 0.6 is 11.8 Å². The molecule has 0 aliphatic carbocycles. The second-order valence-electron chi connectivity index (χ2n) is 7.40. The Morgan fingerprint density at radius 1 is 1.07 bits per heavy atom. The van der Waals surface area contributed by atoms with Gasteiger partial charge in [0.15, 0.2) is 0 Å². The standard InChI is InChI=1S/C22H25N3O2S/c26-21(14-20-22(27)24-18-8-4-5-9-19(18)28-20)23-17-10-12-25(13-11-17)15-16-6-2-1-3-7-16/h1-9,17,20H,10-15H2,(H,23,26)(H,24,27). The van der Waals surface area contributed by atoms with E-state index in [2.05, 4.69) is 39.8 Å². The van der Waals surface area contributed by atoms with Crippen molar-refractivity contribution in [3.63, 3.8) is 0 Å². The van der Waals surface area contributed by atoms with E-state index in [4.69, 9.17) is 0 Å². The van der Waals surface area contributed by atoms with Gasteiger partial charge in [-0.15, -0.1) is 11.8 Å². The molecule has 2 aromatic rings. The van der Waals surface area contributed by atoms with E-state index in [9.17, 15) is 9.59 Å². The Morgan fingerprint density at radius 2 is 1.79 bits per heavy atom. The van der Waals surface area contributed by atoms with Crippen LogP contribution in [0.5, 0.6) is 0 Å². The molecule has 0 aromatic heterocycles. The number of hydrogen-bond donors (Lipinski definition) is 2. The second kappa shape index (κ2) is 8.80. The molecule has 1 atom stereocenters. The summed E-state index contributed by atoms with van der Waals surface area (Å²) in [6.07, 6.45) is 2.12. The maximum Gasteiger partial charge on any atom is 0.238 e. The number of carbonyl (C=O) groups excluding carboxylic acids is 2. The van der Waals surface area contributed by atoms with Crippen LogP contribution in [-0.2, 0) is 16.1 Å². The van der Waals surface area contributed by atoms with Crippen molar-refractivity contribution in [1.82, 2.24) is 10.2 Å². The number of amides is 2. The van der Waals surface area contributed by atoms with Crippen molar-refractivity contribution in [3.05, 3.63) is 60.2 Å². The minimum atomic E-state index is -0.368. The number of anilines is 1. The van der Waals surface area contributed by atoms with E-state index in [1.165, 1.54) is 17.3 Å². The molecular weight excluding hydrogens is 370 g/mol. The number of rotatable bonds is 5. The number of hydrogen-bond acceptors (Lipinski definition) is 4. The van der Waals surface area contributed by atoms with Crippen molar-refractivity contribution in [1.29, 1.82) is 0 Å². The summed E-state index contributed by atoms with van der Waals surface area (Å²) in [5.74, 6) is -0.120. The molecule has 2 aliphatic rings. The van der Waals surface area contributed by atoms with Crippen LogP contribution in [0, 0.1) is 0 Å². The number of likely N-dealkylation sites (tertiary alicyclic amines) is 1. The number of benzene rings is 2. The van der Waals surface area contributed by atoms with Gasteiger partial charge in [-0.3, -0.25) is 14.5 Å². The van der Waals surface area contributed by atoms with Gasteiger partial charge in [0.1, 0.15) is 0 Å². The van der Waals surface area contributed by atoms with Crippen LogP contribution in [0.1, 0.15) is 24.8 Å². The third-order valence-electron chi connectivity index (χ3n) is 5.28. The Labute approximate surface area is 169 Å². The molecule has 1 unspecified atom stereocenters. The Kier molecular flexibility index (Phi) is 5.98. The van der Waals surface area contributed by atoms with Crippen LogP contribution in [-0.4, -0.2) is 41.1 Å². The summed E-state index contributed by atoms with van der Waals surface area (Å²) in [6, 6.07) is 18.4. The minimum absolute atomic E-state index is 0.0338. The number of nitrogens with zero attached hydrogens (tertiary/aromatic N) is 1. The van der Waals surface area contributed by atoms with Gasteiger partial charge in [0, 0.05) is 37.0 Å². The molecule has 0 saturated carbocycles. The molecule has 4 rings (SSSR count). The summed E-state index contributed by atoms with van der Waals surface area (Å²) in [4.78, 5) is 28.2. The van der Waals surface area contributed by atoms with E-state index in [0.717, 1.165) is 43.1 Å². The third kappa shape index (κ3) is 4.75. The molecule has 6 heteroatoms. The highest BCUT2D eigenvalue weighted by Crippen LogP contribution is 2.36. The van der Waals surface area contributed by atoms with Gasteiger partial charge >= 0.3 is 0 Å². The molecule has 0 bridgehead atoms. The number of thioether (sulfide) groups is 1. The van der Waals surface area contributed by atoms with Gasteiger partial charge in [0.2, 0.25) is 11.8 Å². The molecule has 0 spiro atoms. The number of para-hydroxylation sites is 1. The predicted octanol–water partition coefficient (Wildman–Crippen LogP) is 3.27. The van der Waals surface area contributed by atoms with Gasteiger partial charge in [-0.05, 0) is 30.5 Å². The molecular formula is C22H25N3O2S. The minimum Gasteiger partial charge on any atom is -0.353 e. The fourth-order valence-corrected chi connectivity index (χ4v) is 4.87. The highest BCUT2D eigenvalue weighted by molar-refractivity contribution is 8.01. The lowest BCUT2D eigenvalue weighted by Gasteiger charge is -2.32. The van der Waals surface area contributed by atoms with Crippen LogP contribution in [0.2, 0.25) is 0 Å². The van der Waals surface area contributed by atoms with Crippen molar-refractivity contribution < 1.29 is 9.59 Å². The zero-order valence-electron chi connectivity index (χ0n) is 15.8. The highest BCUT2D eigenvalue weighted by atomic mass is 32.2. The van der Waals surface area contributed by atoms with Crippen LogP contribution in [0.15, 0.2) is 59.5 Å². The highest BCUT2D eigenvalue weighted by Gasteiger charge is 2.30. The van der Waals surface area contributed by atoms with Crippen LogP contribution in [0.3, 0.4) is 0 Å². The Morgan fingerprint density at radius 3 is 2.57 bits per heavy atom. The zero-order valence-corrected chi connectivity index (χ0v) is 16.6. The van der Waals surface area contributed by atoms with Crippen molar-refractivity contribution in [2.24, 2.45) is 0 Å². The van der Waals surface area contributed by atoms with Crippen LogP contribution < -0.4 is 10.6 Å². The fraction of sp³-hybridized carbons (Fsp3) is 0.364. The Balaban J connectivity index is 1.23. The smallest absolute Gasteiger partial charge is 0.238 e. The quantitative estimate of drug-likeness (QED) is 0.816. The van der Waals surface area contributed by atoms with E-state index >= 15 is 0 Å². The van der Waals surface area contributed by atoms with Crippen molar-refractivity contribution in [2.45, 2.75) is 42.0 Å². The van der Waals surface area contributed by atoms with E-state index < -0.39 is 0 Å². The van der Waals surface area contributed by atoms with Crippen molar-refractivity contribution in [2.75, 3.05) is 18.4 Å². The molecule has 28 heavy (non-hydrogen) atoms. The van der Waals surface area contributed by atoms with Gasteiger partial charge in [0.25, 0.3) is 0 Å². The molecule has 0 radical (unpaired) electrons. The summed E-state index contributed by atoms with van der Waals surface area (Å²) < 4.78 is 0. The molecule has 2 amide bonds. The molecule has 2 N–H and O–H groups in total. The monoisotopic (exact) mass is 395 g/mol. The summed E-state index contributed by atoms with van der Waals surface area (Å²) in [6.45, 7) is 2.91. The summed E-state index contributed by atoms with van der Waals surface area (Å²) in [7, 11) is 0. The average Bonchev–Trinajstić information content (AvgIpc) is 2.71. The zero-order chi connectivity index (χ0) is 19.3. The topological polar surface area (TPSA) is 61.4 Å². The lowest BCUT2D eigenvalue weighted by molar-refractivity contribution is -0.124. The first-order chi connectivity index (χ1) is 13.7. The lowest BCUT2D eigenvalue weighted by atomic mass is 10.0. The first kappa shape index (κ1) is 19.0. The molecule has 2 aromatic carbocycles. The average molecular weight is 396 g/mol. The molecule has 2 aliphatic heterocycles. The summed E-state index contributed by atoms with van der Waals surface area (Å²) in [5, 5.41) is 5.67. The predicted molar refractivity (Wildman–Crippen MR) is 112 cm³/mol. The third-order valence-corrected chi connectivity index (χ3v) is 6.55. The fourth-order valence-electron chi connectivity index (χ4n) is 3.76. The number of nitrogens with one attached hydrogen (secondary N) is 2. The van der Waals surface area contributed by atoms with Gasteiger partial charge < -0.3 is 10.6 Å². The maximum absolute atomic E-state index is 12.5. The van der Waals surface area contributed by atoms with Gasteiger partial charge in [0.05, 0.1) is 10.9 Å². The maximum atomic E-state index is 12.5. The van der Waals surface area contributed by atoms with Crippen molar-refractivity contribution in [3.8, 4) is 0 Å².